The zero-order chi connectivity index (χ0) is 19.6. The van der Waals surface area contributed by atoms with Crippen molar-refractivity contribution in [2.45, 2.75) is 20.3 Å². The Bertz CT molecular complexity index is 1040. The molecular formula is C22H20BrN3O2. The van der Waals surface area contributed by atoms with Gasteiger partial charge in [0.15, 0.2) is 0 Å². The Kier molecular flexibility index (Phi) is 3.95. The first-order valence-corrected chi connectivity index (χ1v) is 10.3. The average Bonchev–Trinajstić information content (AvgIpc) is 3.39. The van der Waals surface area contributed by atoms with E-state index < -0.39 is 0 Å². The number of halogens is 1. The van der Waals surface area contributed by atoms with Crippen molar-refractivity contribution in [2.24, 2.45) is 28.8 Å². The molecule has 142 valence electrons. The number of carbonyl (C=O) groups excluding carboxylic acids is 2. The number of fused-ring (bicyclic) bond motifs is 5. The molecule has 0 radical (unpaired) electrons. The molecule has 2 aliphatic carbocycles. The molecule has 5 rings (SSSR count). The number of aryl methyl sites for hydroxylation is 1. The minimum absolute atomic E-state index is 0.149. The summed E-state index contributed by atoms with van der Waals surface area (Å²) in [6, 6.07) is 10.1. The van der Waals surface area contributed by atoms with Crippen LogP contribution in [0.3, 0.4) is 0 Å². The number of imide groups is 1. The molecule has 4 unspecified atom stereocenters. The van der Waals surface area contributed by atoms with Crippen molar-refractivity contribution in [3.63, 3.8) is 0 Å². The first-order valence-electron chi connectivity index (χ1n) is 9.50. The Morgan fingerprint density at radius 1 is 1.07 bits per heavy atom. The Balaban J connectivity index is 1.45. The molecule has 1 saturated carbocycles. The second-order valence-corrected chi connectivity index (χ2v) is 8.79. The standard InChI is InChI=1S/C22H20BrN3O2/c1-12-8-16(13(2)25(12)18-5-3-4-17(23)10-18)11-24-26-21(27)19-14-6-7-15(9-14)20(19)22(26)28/h3-8,10-11,14-15,19-20H,9H2,1-2H3. The summed E-state index contributed by atoms with van der Waals surface area (Å²) in [6.07, 6.45) is 6.76. The largest absolute Gasteiger partial charge is 0.318 e. The van der Waals surface area contributed by atoms with Crippen LogP contribution in [-0.4, -0.2) is 27.6 Å². The summed E-state index contributed by atoms with van der Waals surface area (Å²) in [5.41, 5.74) is 4.03. The molecule has 5 nitrogen and oxygen atoms in total. The average molecular weight is 438 g/mol. The summed E-state index contributed by atoms with van der Waals surface area (Å²) in [6.45, 7) is 4.05. The molecule has 0 N–H and O–H groups in total. The van der Waals surface area contributed by atoms with Crippen LogP contribution in [0, 0.1) is 37.5 Å². The number of hydrazone groups is 1. The molecular weight excluding hydrogens is 418 g/mol. The van der Waals surface area contributed by atoms with Gasteiger partial charge < -0.3 is 4.57 Å². The van der Waals surface area contributed by atoms with E-state index in [4.69, 9.17) is 0 Å². The zero-order valence-electron chi connectivity index (χ0n) is 15.7. The number of allylic oxidation sites excluding steroid dienone is 2. The van der Waals surface area contributed by atoms with Gasteiger partial charge in [-0.3, -0.25) is 9.59 Å². The number of aromatic nitrogens is 1. The van der Waals surface area contributed by atoms with Crippen LogP contribution in [0.5, 0.6) is 0 Å². The van der Waals surface area contributed by atoms with Gasteiger partial charge in [0.1, 0.15) is 0 Å². The van der Waals surface area contributed by atoms with Crippen LogP contribution in [0.1, 0.15) is 23.4 Å². The fourth-order valence-electron chi connectivity index (χ4n) is 5.05. The SMILES string of the molecule is Cc1cc(C=NN2C(=O)C3C4C=CC(C4)C3C2=O)c(C)n1-c1cccc(Br)c1. The molecule has 1 aromatic heterocycles. The minimum atomic E-state index is -0.214. The molecule has 1 saturated heterocycles. The van der Waals surface area contributed by atoms with E-state index in [0.29, 0.717) is 0 Å². The van der Waals surface area contributed by atoms with E-state index in [1.807, 2.05) is 38.1 Å². The lowest BCUT2D eigenvalue weighted by atomic mass is 9.85. The molecule has 2 bridgehead atoms. The highest BCUT2D eigenvalue weighted by molar-refractivity contribution is 9.10. The predicted octanol–water partition coefficient (Wildman–Crippen LogP) is 4.00. The van der Waals surface area contributed by atoms with Crippen molar-refractivity contribution in [3.05, 3.63) is 63.9 Å². The van der Waals surface area contributed by atoms with E-state index in [0.717, 1.165) is 38.5 Å². The monoisotopic (exact) mass is 437 g/mol. The van der Waals surface area contributed by atoms with Crippen molar-refractivity contribution in [2.75, 3.05) is 0 Å². The lowest BCUT2D eigenvalue weighted by molar-refractivity contribution is -0.140. The number of nitrogens with zero attached hydrogens (tertiary/aromatic N) is 3. The normalized spacial score (nSPS) is 28.2. The first kappa shape index (κ1) is 17.6. The number of hydrogen-bond donors (Lipinski definition) is 0. The summed E-state index contributed by atoms with van der Waals surface area (Å²) >= 11 is 3.52. The number of rotatable bonds is 3. The Labute approximate surface area is 171 Å². The van der Waals surface area contributed by atoms with Crippen molar-refractivity contribution in [3.8, 4) is 5.69 Å². The van der Waals surface area contributed by atoms with E-state index in [2.05, 4.69) is 43.8 Å². The van der Waals surface area contributed by atoms with Gasteiger partial charge in [-0.2, -0.15) is 10.1 Å². The molecule has 2 aromatic rings. The molecule has 28 heavy (non-hydrogen) atoms. The van der Waals surface area contributed by atoms with E-state index in [1.54, 1.807) is 6.21 Å². The highest BCUT2D eigenvalue weighted by atomic mass is 79.9. The van der Waals surface area contributed by atoms with Gasteiger partial charge in [0.05, 0.1) is 18.1 Å². The molecule has 2 heterocycles. The lowest BCUT2D eigenvalue weighted by Gasteiger charge is -2.13. The maximum atomic E-state index is 12.8. The summed E-state index contributed by atoms with van der Waals surface area (Å²) in [7, 11) is 0. The van der Waals surface area contributed by atoms with Gasteiger partial charge in [0.2, 0.25) is 0 Å². The fourth-order valence-corrected chi connectivity index (χ4v) is 5.44. The van der Waals surface area contributed by atoms with E-state index >= 15 is 0 Å². The third-order valence-electron chi connectivity index (χ3n) is 6.30. The molecule has 6 heteroatoms. The third-order valence-corrected chi connectivity index (χ3v) is 6.79. The molecule has 2 amide bonds. The topological polar surface area (TPSA) is 54.7 Å². The minimum Gasteiger partial charge on any atom is -0.318 e. The van der Waals surface area contributed by atoms with Crippen molar-refractivity contribution in [1.82, 2.24) is 9.58 Å². The maximum Gasteiger partial charge on any atom is 0.254 e. The third kappa shape index (κ3) is 2.47. The van der Waals surface area contributed by atoms with Crippen LogP contribution in [0.25, 0.3) is 5.69 Å². The molecule has 4 atom stereocenters. The highest BCUT2D eigenvalue weighted by Crippen LogP contribution is 2.52. The molecule has 2 fully saturated rings. The fraction of sp³-hybridized carbons (Fsp3) is 0.318. The summed E-state index contributed by atoms with van der Waals surface area (Å²) in [5.74, 6) is -0.322. The van der Waals surface area contributed by atoms with Crippen molar-refractivity contribution < 1.29 is 9.59 Å². The summed E-state index contributed by atoms with van der Waals surface area (Å²) in [4.78, 5) is 25.5. The van der Waals surface area contributed by atoms with Gasteiger partial charge in [0, 0.05) is 27.1 Å². The highest BCUT2D eigenvalue weighted by Gasteiger charge is 2.59. The van der Waals surface area contributed by atoms with Gasteiger partial charge in [-0.25, -0.2) is 0 Å². The van der Waals surface area contributed by atoms with E-state index in [9.17, 15) is 9.59 Å². The van der Waals surface area contributed by atoms with Crippen LogP contribution >= 0.6 is 15.9 Å². The maximum absolute atomic E-state index is 12.8. The lowest BCUT2D eigenvalue weighted by Crippen LogP contribution is -2.28. The Morgan fingerprint density at radius 2 is 1.75 bits per heavy atom. The van der Waals surface area contributed by atoms with Crippen LogP contribution in [0.4, 0.5) is 0 Å². The van der Waals surface area contributed by atoms with Gasteiger partial charge >= 0.3 is 0 Å². The van der Waals surface area contributed by atoms with Crippen LogP contribution in [-0.2, 0) is 9.59 Å². The predicted molar refractivity (Wildman–Crippen MR) is 110 cm³/mol. The van der Waals surface area contributed by atoms with E-state index in [1.165, 1.54) is 0 Å². The summed E-state index contributed by atoms with van der Waals surface area (Å²) in [5, 5.41) is 5.42. The molecule has 1 aliphatic heterocycles. The number of carbonyl (C=O) groups is 2. The number of hydrogen-bond acceptors (Lipinski definition) is 3. The van der Waals surface area contributed by atoms with Crippen molar-refractivity contribution >= 4 is 34.0 Å². The van der Waals surface area contributed by atoms with Gasteiger partial charge in [0.25, 0.3) is 11.8 Å². The van der Waals surface area contributed by atoms with Gasteiger partial charge in [-0.05, 0) is 56.4 Å². The molecule has 1 aromatic carbocycles. The van der Waals surface area contributed by atoms with Crippen LogP contribution in [0.2, 0.25) is 0 Å². The number of amides is 2. The Hall–Kier alpha value is -2.47. The van der Waals surface area contributed by atoms with Crippen LogP contribution < -0.4 is 0 Å². The Morgan fingerprint density at radius 3 is 2.39 bits per heavy atom. The number of benzene rings is 1. The van der Waals surface area contributed by atoms with Crippen molar-refractivity contribution in [1.29, 1.82) is 0 Å². The zero-order valence-corrected chi connectivity index (χ0v) is 17.3. The second-order valence-electron chi connectivity index (χ2n) is 7.87. The quantitative estimate of drug-likeness (QED) is 0.413. The second kappa shape index (κ2) is 6.27. The first-order chi connectivity index (χ1) is 13.5. The smallest absolute Gasteiger partial charge is 0.254 e. The molecule has 3 aliphatic rings. The van der Waals surface area contributed by atoms with Gasteiger partial charge in [-0.15, -0.1) is 0 Å². The molecule has 0 spiro atoms. The van der Waals surface area contributed by atoms with E-state index in [-0.39, 0.29) is 35.5 Å². The van der Waals surface area contributed by atoms with Crippen LogP contribution in [0.15, 0.2) is 52.1 Å². The summed E-state index contributed by atoms with van der Waals surface area (Å²) < 4.78 is 3.15. The van der Waals surface area contributed by atoms with Gasteiger partial charge in [-0.1, -0.05) is 34.1 Å².